The summed E-state index contributed by atoms with van der Waals surface area (Å²) in [5.74, 6) is -4.60. The number of nitrogens with zero attached hydrogens (tertiary/aromatic N) is 2. The summed E-state index contributed by atoms with van der Waals surface area (Å²) in [4.78, 5) is 26.9. The van der Waals surface area contributed by atoms with E-state index in [9.17, 15) is 31.5 Å². The molecule has 3 rings (SSSR count). The third-order valence-electron chi connectivity index (χ3n) is 6.52. The molecule has 1 unspecified atom stereocenters. The molecule has 3 aromatic rings. The number of hydrogen-bond donors (Lipinski definition) is 1. The van der Waals surface area contributed by atoms with Crippen LogP contribution in [-0.4, -0.2) is 52.3 Å². The average Bonchev–Trinajstić information content (AvgIpc) is 3.32. The predicted octanol–water partition coefficient (Wildman–Crippen LogP) is 6.54. The zero-order valence-electron chi connectivity index (χ0n) is 23.8. The summed E-state index contributed by atoms with van der Waals surface area (Å²) >= 11 is 0.656. The molecule has 6 nitrogen and oxygen atoms in total. The molecule has 2 atom stereocenters. The van der Waals surface area contributed by atoms with Crippen LogP contribution in [0.4, 0.5) is 22.0 Å². The lowest BCUT2D eigenvalue weighted by Gasteiger charge is -2.42. The van der Waals surface area contributed by atoms with Gasteiger partial charge in [0.2, 0.25) is 5.44 Å². The highest BCUT2D eigenvalue weighted by Gasteiger charge is 2.45. The minimum Gasteiger partial charge on any atom is -0.434 e. The number of aromatic nitrogens is 1. The number of esters is 1. The minimum absolute atomic E-state index is 0.0108. The van der Waals surface area contributed by atoms with Crippen LogP contribution in [0.25, 0.3) is 11.1 Å². The number of carbonyl (C=O) groups excluding carboxylic acids is 2. The molecule has 42 heavy (non-hydrogen) atoms. The molecular weight excluding hydrogens is 577 g/mol. The second-order valence-corrected chi connectivity index (χ2v) is 11.7. The summed E-state index contributed by atoms with van der Waals surface area (Å²) in [6.07, 6.45) is -1.96. The number of amides is 1. The van der Waals surface area contributed by atoms with E-state index in [4.69, 9.17) is 5.73 Å². The van der Waals surface area contributed by atoms with E-state index in [0.717, 1.165) is 23.8 Å². The molecule has 0 fully saturated rings. The summed E-state index contributed by atoms with van der Waals surface area (Å²) < 4.78 is 74.5. The lowest BCUT2D eigenvalue weighted by atomic mass is 9.83. The Morgan fingerprint density at radius 3 is 2.29 bits per heavy atom. The van der Waals surface area contributed by atoms with E-state index >= 15 is 0 Å². The maximum atomic E-state index is 14.9. The van der Waals surface area contributed by atoms with Crippen LogP contribution >= 0.6 is 11.8 Å². The minimum atomic E-state index is -5.28. The van der Waals surface area contributed by atoms with E-state index in [-0.39, 0.29) is 18.7 Å². The molecule has 0 spiro atoms. The summed E-state index contributed by atoms with van der Waals surface area (Å²) in [5, 5.41) is 0. The van der Waals surface area contributed by atoms with Crippen LogP contribution in [0.3, 0.4) is 0 Å². The highest BCUT2D eigenvalue weighted by molar-refractivity contribution is 7.99. The van der Waals surface area contributed by atoms with Crippen LogP contribution in [0.1, 0.15) is 44.5 Å². The van der Waals surface area contributed by atoms with Crippen molar-refractivity contribution < 1.29 is 36.3 Å². The molecule has 0 aliphatic rings. The summed E-state index contributed by atoms with van der Waals surface area (Å²) in [6.45, 7) is 6.05. The second-order valence-electron chi connectivity index (χ2n) is 10.8. The quantitative estimate of drug-likeness (QED) is 0.151. The molecule has 0 aliphatic heterocycles. The molecule has 0 saturated carbocycles. The highest BCUT2D eigenvalue weighted by atomic mass is 32.2. The van der Waals surface area contributed by atoms with Gasteiger partial charge in [-0.2, -0.15) is 13.2 Å². The molecule has 228 valence electrons. The van der Waals surface area contributed by atoms with Gasteiger partial charge in [0, 0.05) is 36.1 Å². The molecular formula is C30H34F5N3O3S. The van der Waals surface area contributed by atoms with Crippen molar-refractivity contribution >= 4 is 23.6 Å². The van der Waals surface area contributed by atoms with Crippen molar-refractivity contribution in [3.8, 4) is 11.1 Å². The van der Waals surface area contributed by atoms with Crippen LogP contribution in [0, 0.1) is 17.0 Å². The highest BCUT2D eigenvalue weighted by Crippen LogP contribution is 2.42. The van der Waals surface area contributed by atoms with Crippen LogP contribution in [0.2, 0.25) is 0 Å². The maximum Gasteiger partial charge on any atom is 0.490 e. The van der Waals surface area contributed by atoms with Gasteiger partial charge in [-0.1, -0.05) is 51.1 Å². The first-order valence-corrected chi connectivity index (χ1v) is 14.5. The Kier molecular flexibility index (Phi) is 10.8. The fourth-order valence-electron chi connectivity index (χ4n) is 4.74. The number of nitrogens with two attached hydrogens (primary N) is 1. The van der Waals surface area contributed by atoms with Crippen LogP contribution < -0.4 is 5.73 Å². The van der Waals surface area contributed by atoms with Gasteiger partial charge < -0.3 is 19.9 Å². The molecule has 2 N–H and O–H groups in total. The molecule has 1 aromatic heterocycles. The Morgan fingerprint density at radius 2 is 1.71 bits per heavy atom. The fraction of sp³-hybridized carbons (Fsp3) is 0.400. The van der Waals surface area contributed by atoms with Crippen molar-refractivity contribution in [2.75, 3.05) is 19.3 Å². The monoisotopic (exact) mass is 611 g/mol. The van der Waals surface area contributed by atoms with E-state index in [1.54, 1.807) is 12.3 Å². The van der Waals surface area contributed by atoms with Crippen molar-refractivity contribution in [3.63, 3.8) is 0 Å². The van der Waals surface area contributed by atoms with Crippen LogP contribution in [0.15, 0.2) is 60.8 Å². The number of carbonyl (C=O) groups is 2. The largest absolute Gasteiger partial charge is 0.490 e. The molecule has 0 saturated heterocycles. The average molecular weight is 612 g/mol. The van der Waals surface area contributed by atoms with E-state index in [0.29, 0.717) is 36.0 Å². The Bertz CT molecular complexity index is 1370. The Labute approximate surface area is 246 Å². The number of benzene rings is 2. The number of thioether (sulfide) groups is 1. The van der Waals surface area contributed by atoms with Gasteiger partial charge in [-0.15, -0.1) is 11.8 Å². The Balaban J connectivity index is 2.20. The zero-order chi connectivity index (χ0) is 31.2. The van der Waals surface area contributed by atoms with Gasteiger partial charge in [0.05, 0.1) is 6.04 Å². The summed E-state index contributed by atoms with van der Waals surface area (Å²) in [7, 11) is 0. The van der Waals surface area contributed by atoms with Gasteiger partial charge in [-0.05, 0) is 54.5 Å². The van der Waals surface area contributed by atoms with Crippen molar-refractivity contribution in [1.82, 2.24) is 9.47 Å². The molecule has 0 bridgehead atoms. The number of hydrogen-bond acceptors (Lipinski definition) is 5. The Morgan fingerprint density at radius 1 is 1.05 bits per heavy atom. The smallest absolute Gasteiger partial charge is 0.434 e. The third-order valence-corrected chi connectivity index (χ3v) is 7.25. The Hall–Kier alpha value is -3.38. The van der Waals surface area contributed by atoms with E-state index in [2.05, 4.69) is 4.74 Å². The van der Waals surface area contributed by atoms with Gasteiger partial charge in [0.1, 0.15) is 11.6 Å². The molecule has 2 aromatic carbocycles. The summed E-state index contributed by atoms with van der Waals surface area (Å²) in [5.41, 5.74) is 5.02. The number of alkyl halides is 3. The van der Waals surface area contributed by atoms with Crippen LogP contribution in [-0.2, 0) is 20.9 Å². The number of ether oxygens (including phenoxy) is 1. The van der Waals surface area contributed by atoms with Gasteiger partial charge in [0.25, 0.3) is 5.91 Å². The molecule has 0 aliphatic carbocycles. The number of rotatable bonds is 11. The second kappa shape index (κ2) is 13.7. The van der Waals surface area contributed by atoms with E-state index in [1.807, 2.05) is 55.7 Å². The standard InChI is InChI=1S/C30H34F5N3O3S/c1-29(2,3)25(38(14-8-13-36)26(39)27(42-4)41-28(40)30(33,34)35)24-15-20(22-16-21(31)11-12-23(22)32)18-37(24)17-19-9-6-5-7-10-19/h5-7,9-12,15-16,18,25,27H,8,13-14,17,36H2,1-4H3/t25-,27?/m0/s1. The first-order valence-electron chi connectivity index (χ1n) is 13.2. The normalized spacial score (nSPS) is 13.5. The van der Waals surface area contributed by atoms with E-state index in [1.165, 1.54) is 11.2 Å². The lowest BCUT2D eigenvalue weighted by molar-refractivity contribution is -0.202. The summed E-state index contributed by atoms with van der Waals surface area (Å²) in [6, 6.07) is 13.3. The fourth-order valence-corrected chi connectivity index (χ4v) is 5.26. The van der Waals surface area contributed by atoms with Crippen molar-refractivity contribution in [1.29, 1.82) is 0 Å². The van der Waals surface area contributed by atoms with Crippen molar-refractivity contribution in [2.45, 2.75) is 51.4 Å². The molecule has 12 heteroatoms. The van der Waals surface area contributed by atoms with E-state index < -0.39 is 46.6 Å². The van der Waals surface area contributed by atoms with Crippen molar-refractivity contribution in [2.24, 2.45) is 11.1 Å². The van der Waals surface area contributed by atoms with Crippen LogP contribution in [0.5, 0.6) is 0 Å². The molecule has 0 radical (unpaired) electrons. The predicted molar refractivity (Wildman–Crippen MR) is 152 cm³/mol. The van der Waals surface area contributed by atoms with Gasteiger partial charge >= 0.3 is 12.1 Å². The van der Waals surface area contributed by atoms with Gasteiger partial charge in [0.15, 0.2) is 0 Å². The van der Waals surface area contributed by atoms with Crippen molar-refractivity contribution in [3.05, 3.63) is 83.7 Å². The van der Waals surface area contributed by atoms with Gasteiger partial charge in [-0.3, -0.25) is 4.79 Å². The SMILES string of the molecule is CSC(OC(=O)C(F)(F)F)C(=O)N(CCCN)[C@@H](c1cc(-c2cc(F)ccc2F)cn1Cc1ccccc1)C(C)(C)C. The lowest BCUT2D eigenvalue weighted by Crippen LogP contribution is -2.48. The molecule has 1 amide bonds. The third kappa shape index (κ3) is 8.13. The first-order chi connectivity index (χ1) is 19.7. The maximum absolute atomic E-state index is 14.9. The van der Waals surface area contributed by atoms with Gasteiger partial charge in [-0.25, -0.2) is 13.6 Å². The zero-order valence-corrected chi connectivity index (χ0v) is 24.6. The number of halogens is 5. The molecule has 1 heterocycles. The topological polar surface area (TPSA) is 77.6 Å². The first kappa shape index (κ1) is 33.1.